The van der Waals surface area contributed by atoms with E-state index in [1.807, 2.05) is 7.05 Å². The van der Waals surface area contributed by atoms with Crippen LogP contribution in [-0.4, -0.2) is 53.4 Å². The molecule has 1 unspecified atom stereocenters. The summed E-state index contributed by atoms with van der Waals surface area (Å²) < 4.78 is 13.4. The Morgan fingerprint density at radius 3 is 2.41 bits per heavy atom. The van der Waals surface area contributed by atoms with Crippen LogP contribution in [0.2, 0.25) is 0 Å². The number of carbonyl (C=O) groups is 2. The summed E-state index contributed by atoms with van der Waals surface area (Å²) in [5, 5.41) is 6.31. The van der Waals surface area contributed by atoms with Crippen LogP contribution in [0.25, 0.3) is 11.3 Å². The number of likely N-dealkylation sites (N-methyl/N-ethyl adjacent to an activating group) is 1. The Morgan fingerprint density at radius 2 is 1.75 bits per heavy atom. The number of rotatable bonds is 5. The van der Waals surface area contributed by atoms with Crippen molar-refractivity contribution in [3.05, 3.63) is 54.0 Å². The number of halogens is 1. The zero-order chi connectivity index (χ0) is 22.5. The molecule has 0 bridgehead atoms. The summed E-state index contributed by atoms with van der Waals surface area (Å²) >= 11 is 0. The summed E-state index contributed by atoms with van der Waals surface area (Å²) in [7, 11) is 2.02. The second kappa shape index (κ2) is 10.2. The van der Waals surface area contributed by atoms with Crippen molar-refractivity contribution >= 4 is 11.8 Å². The van der Waals surface area contributed by atoms with Crippen molar-refractivity contribution in [2.24, 2.45) is 0 Å². The summed E-state index contributed by atoms with van der Waals surface area (Å²) in [5.41, 5.74) is 1.79. The molecule has 1 atom stereocenters. The highest BCUT2D eigenvalue weighted by Gasteiger charge is 2.29. The normalized spacial score (nSPS) is 24.0. The molecule has 1 aromatic carbocycles. The molecule has 1 saturated carbocycles. The molecule has 1 aromatic heterocycles. The zero-order valence-electron chi connectivity index (χ0n) is 18.5. The highest BCUT2D eigenvalue weighted by Crippen LogP contribution is 2.22. The van der Waals surface area contributed by atoms with Gasteiger partial charge in [-0.15, -0.1) is 0 Å². The first-order valence-electron chi connectivity index (χ1n) is 11.5. The molecule has 2 aliphatic rings. The minimum Gasteiger partial charge on any atom is -0.352 e. The smallest absolute Gasteiger partial charge is 0.253 e. The number of amides is 2. The van der Waals surface area contributed by atoms with Gasteiger partial charge in [-0.3, -0.25) is 19.5 Å². The first kappa shape index (κ1) is 22.4. The average Bonchev–Trinajstić information content (AvgIpc) is 2.80. The van der Waals surface area contributed by atoms with Crippen molar-refractivity contribution in [1.29, 1.82) is 0 Å². The van der Waals surface area contributed by atoms with Gasteiger partial charge < -0.3 is 10.6 Å². The third kappa shape index (κ3) is 5.51. The minimum absolute atomic E-state index is 0.0102. The van der Waals surface area contributed by atoms with Gasteiger partial charge in [-0.1, -0.05) is 18.6 Å². The third-order valence-corrected chi connectivity index (χ3v) is 6.63. The highest BCUT2D eigenvalue weighted by molar-refractivity contribution is 5.94. The second-order valence-electron chi connectivity index (χ2n) is 8.97. The van der Waals surface area contributed by atoms with E-state index in [4.69, 9.17) is 0 Å². The van der Waals surface area contributed by atoms with E-state index in [0.29, 0.717) is 16.8 Å². The molecule has 6 nitrogen and oxygen atoms in total. The van der Waals surface area contributed by atoms with Gasteiger partial charge in [0.1, 0.15) is 5.82 Å². The van der Waals surface area contributed by atoms with Crippen LogP contribution in [0.5, 0.6) is 0 Å². The van der Waals surface area contributed by atoms with E-state index < -0.39 is 0 Å². The van der Waals surface area contributed by atoms with Crippen LogP contribution in [0.1, 0.15) is 55.3 Å². The second-order valence-corrected chi connectivity index (χ2v) is 8.97. The molecule has 7 heteroatoms. The van der Waals surface area contributed by atoms with Gasteiger partial charge in [-0.25, -0.2) is 4.39 Å². The molecular formula is C25H31FN4O2. The van der Waals surface area contributed by atoms with Gasteiger partial charge in [0.05, 0.1) is 17.3 Å². The first-order valence-corrected chi connectivity index (χ1v) is 11.5. The molecule has 170 valence electrons. The van der Waals surface area contributed by atoms with Crippen molar-refractivity contribution in [3.8, 4) is 11.3 Å². The van der Waals surface area contributed by atoms with Crippen LogP contribution in [0.4, 0.5) is 4.39 Å². The van der Waals surface area contributed by atoms with Crippen molar-refractivity contribution < 1.29 is 14.0 Å². The number of nitrogens with zero attached hydrogens (tertiary/aromatic N) is 2. The number of benzene rings is 1. The number of hydrogen-bond donors (Lipinski definition) is 2. The van der Waals surface area contributed by atoms with Crippen LogP contribution >= 0.6 is 0 Å². The Balaban J connectivity index is 1.25. The van der Waals surface area contributed by atoms with Gasteiger partial charge >= 0.3 is 0 Å². The van der Waals surface area contributed by atoms with Crippen LogP contribution in [0.15, 0.2) is 42.6 Å². The number of aromatic nitrogens is 1. The van der Waals surface area contributed by atoms with E-state index in [9.17, 15) is 14.0 Å². The molecule has 0 spiro atoms. The summed E-state index contributed by atoms with van der Waals surface area (Å²) in [6, 6.07) is 9.95. The lowest BCUT2D eigenvalue weighted by Crippen LogP contribution is -2.51. The molecule has 2 aromatic rings. The predicted molar refractivity (Wildman–Crippen MR) is 122 cm³/mol. The fraction of sp³-hybridized carbons (Fsp3) is 0.480. The van der Waals surface area contributed by atoms with Crippen molar-refractivity contribution in [3.63, 3.8) is 0 Å². The molecule has 32 heavy (non-hydrogen) atoms. The molecule has 2 N–H and O–H groups in total. The summed E-state index contributed by atoms with van der Waals surface area (Å²) in [5.74, 6) is -0.326. The van der Waals surface area contributed by atoms with E-state index in [2.05, 4.69) is 20.5 Å². The Hall–Kier alpha value is -2.80. The number of likely N-dealkylation sites (tertiary alicyclic amines) is 1. The lowest BCUT2D eigenvalue weighted by molar-refractivity contribution is -0.128. The van der Waals surface area contributed by atoms with E-state index in [0.717, 1.165) is 51.5 Å². The van der Waals surface area contributed by atoms with E-state index >= 15 is 0 Å². The van der Waals surface area contributed by atoms with Gasteiger partial charge in [0.2, 0.25) is 5.91 Å². The average molecular weight is 439 g/mol. The largest absolute Gasteiger partial charge is 0.352 e. The maximum atomic E-state index is 13.4. The number of carbonyl (C=O) groups excluding carboxylic acids is 2. The van der Waals surface area contributed by atoms with Crippen molar-refractivity contribution in [2.45, 2.75) is 63.1 Å². The van der Waals surface area contributed by atoms with Gasteiger partial charge in [0.25, 0.3) is 5.91 Å². The molecule has 0 radical (unpaired) electrons. The standard InChI is InChI=1S/C25H31FN4O2/c1-30-14-3-2-7-23(30)25(32)29-21-11-9-20(10-12-21)28-24(31)18-8-13-22(27-16-18)17-5-4-6-19(26)15-17/h4-6,8,13,15-16,20-21,23H,2-3,7,9-12,14H2,1H3,(H,28,31)(H,29,32)/t20-,21+,23?. The van der Waals surface area contributed by atoms with Gasteiger partial charge in [0, 0.05) is 23.8 Å². The molecular weight excluding hydrogens is 407 g/mol. The van der Waals surface area contributed by atoms with Crippen molar-refractivity contribution in [1.82, 2.24) is 20.5 Å². The molecule has 1 saturated heterocycles. The lowest BCUT2D eigenvalue weighted by atomic mass is 9.90. The summed E-state index contributed by atoms with van der Waals surface area (Å²) in [6.07, 6.45) is 8.14. The fourth-order valence-electron chi connectivity index (χ4n) is 4.70. The van der Waals surface area contributed by atoms with Gasteiger partial charge in [-0.2, -0.15) is 0 Å². The van der Waals surface area contributed by atoms with Crippen LogP contribution in [-0.2, 0) is 4.79 Å². The topological polar surface area (TPSA) is 74.3 Å². The van der Waals surface area contributed by atoms with E-state index in [-0.39, 0.29) is 35.8 Å². The molecule has 2 amide bonds. The number of piperidine rings is 1. The maximum Gasteiger partial charge on any atom is 0.253 e. The Kier molecular flexibility index (Phi) is 7.15. The number of hydrogen-bond acceptors (Lipinski definition) is 4. The minimum atomic E-state index is -0.316. The fourth-order valence-corrected chi connectivity index (χ4v) is 4.70. The van der Waals surface area contributed by atoms with Crippen molar-refractivity contribution in [2.75, 3.05) is 13.6 Å². The zero-order valence-corrected chi connectivity index (χ0v) is 18.5. The highest BCUT2D eigenvalue weighted by atomic mass is 19.1. The molecule has 1 aliphatic heterocycles. The third-order valence-electron chi connectivity index (χ3n) is 6.63. The molecule has 1 aliphatic carbocycles. The molecule has 2 heterocycles. The Morgan fingerprint density at radius 1 is 1.00 bits per heavy atom. The maximum absolute atomic E-state index is 13.4. The monoisotopic (exact) mass is 438 g/mol. The lowest BCUT2D eigenvalue weighted by Gasteiger charge is -2.34. The van der Waals surface area contributed by atoms with Crippen LogP contribution in [0.3, 0.4) is 0 Å². The predicted octanol–water partition coefficient (Wildman–Crippen LogP) is 3.53. The van der Waals surface area contributed by atoms with Crippen LogP contribution in [0, 0.1) is 5.82 Å². The molecule has 4 rings (SSSR count). The number of nitrogens with one attached hydrogen (secondary N) is 2. The summed E-state index contributed by atoms with van der Waals surface area (Å²) in [6.45, 7) is 0.981. The Bertz CT molecular complexity index is 941. The van der Waals surface area contributed by atoms with Gasteiger partial charge in [0.15, 0.2) is 0 Å². The van der Waals surface area contributed by atoms with E-state index in [1.54, 1.807) is 24.3 Å². The van der Waals surface area contributed by atoms with E-state index in [1.165, 1.54) is 18.3 Å². The Labute approximate surface area is 188 Å². The summed E-state index contributed by atoms with van der Waals surface area (Å²) in [4.78, 5) is 31.7. The van der Waals surface area contributed by atoms with Crippen LogP contribution < -0.4 is 10.6 Å². The number of pyridine rings is 1. The molecule has 2 fully saturated rings. The van der Waals surface area contributed by atoms with Gasteiger partial charge in [-0.05, 0) is 76.4 Å². The first-order chi connectivity index (χ1) is 15.5. The quantitative estimate of drug-likeness (QED) is 0.749. The SMILES string of the molecule is CN1CCCCC1C(=O)N[C@H]1CC[C@@H](NC(=O)c2ccc(-c3cccc(F)c3)nc2)CC1.